The van der Waals surface area contributed by atoms with E-state index < -0.39 is 12.6 Å². The first-order valence-corrected chi connectivity index (χ1v) is 30.9. The van der Waals surface area contributed by atoms with Gasteiger partial charge in [-0.05, 0) is 100 Å². The van der Waals surface area contributed by atoms with Crippen molar-refractivity contribution < 1.29 is 33.2 Å². The third-order valence-corrected chi connectivity index (χ3v) is 13.7. The van der Waals surface area contributed by atoms with Crippen LogP contribution in [-0.4, -0.2) is 51.6 Å². The molecule has 0 spiro atoms. The molecule has 2 aromatic carbocycles. The number of benzene rings is 2. The number of ether oxygens (including phenoxy) is 7. The van der Waals surface area contributed by atoms with Gasteiger partial charge in [0.15, 0.2) is 25.2 Å². The first kappa shape index (κ1) is 66.8. The largest absolute Gasteiger partial charge is 0.353 e. The standard InChI is InChI=1S/C66H114O7/c1-5-9-13-17-21-29-43-55-67-63(68-56-44-30-22-18-14-10-6-2)51-39-25-27-41-53-65(71-59-61-47-35-33-36-48-61)73-66(72-60-62-49-37-34-38-50-62)54-42-28-26-40-52-64(69-57-45-31-23-19-15-11-7-3)70-58-46-32-24-20-16-12-8-4/h33-38,41-42,47-50,53-54,63-66H,5-32,39-40,43-46,51-52,55-60H2,1-4H3. The molecule has 0 fully saturated rings. The van der Waals surface area contributed by atoms with Gasteiger partial charge in [0.1, 0.15) is 0 Å². The van der Waals surface area contributed by atoms with Gasteiger partial charge in [-0.1, -0.05) is 255 Å². The third-order valence-electron chi connectivity index (χ3n) is 13.7. The van der Waals surface area contributed by atoms with Gasteiger partial charge in [0.05, 0.1) is 13.2 Å². The van der Waals surface area contributed by atoms with E-state index in [1.54, 1.807) is 0 Å². The van der Waals surface area contributed by atoms with E-state index in [-0.39, 0.29) is 12.6 Å². The van der Waals surface area contributed by atoms with E-state index in [4.69, 9.17) is 33.2 Å². The molecule has 2 unspecified atom stereocenters. The zero-order chi connectivity index (χ0) is 52.0. The van der Waals surface area contributed by atoms with Crippen molar-refractivity contribution in [3.05, 3.63) is 96.1 Å². The normalized spacial score (nSPS) is 12.9. The zero-order valence-electron chi connectivity index (χ0n) is 47.9. The molecule has 0 radical (unpaired) electrons. The minimum atomic E-state index is -0.572. The second-order valence-corrected chi connectivity index (χ2v) is 20.7. The Morgan fingerprint density at radius 2 is 0.603 bits per heavy atom. The van der Waals surface area contributed by atoms with Crippen molar-refractivity contribution in [2.75, 3.05) is 26.4 Å². The summed E-state index contributed by atoms with van der Waals surface area (Å²) in [6.45, 7) is 13.2. The quantitative estimate of drug-likeness (QED) is 0.0372. The summed E-state index contributed by atoms with van der Waals surface area (Å²) in [6.07, 6.45) is 51.1. The monoisotopic (exact) mass is 1020 g/mol. The Hall–Kier alpha value is -2.36. The van der Waals surface area contributed by atoms with Crippen LogP contribution in [0.3, 0.4) is 0 Å². The molecule has 2 atom stereocenters. The van der Waals surface area contributed by atoms with Crippen LogP contribution in [0.4, 0.5) is 0 Å². The number of hydrogen-bond donors (Lipinski definition) is 0. The van der Waals surface area contributed by atoms with Crippen molar-refractivity contribution >= 4 is 0 Å². The molecule has 0 aliphatic heterocycles. The summed E-state index contributed by atoms with van der Waals surface area (Å²) in [5, 5.41) is 0. The lowest BCUT2D eigenvalue weighted by Gasteiger charge is -2.22. The lowest BCUT2D eigenvalue weighted by molar-refractivity contribution is -0.215. The second kappa shape index (κ2) is 53.1. The molecule has 7 nitrogen and oxygen atoms in total. The highest BCUT2D eigenvalue weighted by atomic mass is 16.8. The minimum absolute atomic E-state index is 0.119. The minimum Gasteiger partial charge on any atom is -0.353 e. The molecule has 0 amide bonds. The van der Waals surface area contributed by atoms with Gasteiger partial charge in [0.25, 0.3) is 0 Å². The van der Waals surface area contributed by atoms with Gasteiger partial charge >= 0.3 is 0 Å². The molecular weight excluding hydrogens is 905 g/mol. The highest BCUT2D eigenvalue weighted by molar-refractivity contribution is 5.14. The Labute approximate surface area is 451 Å². The molecule has 73 heavy (non-hydrogen) atoms. The Kier molecular flexibility index (Phi) is 48.5. The molecule has 0 aliphatic carbocycles. The van der Waals surface area contributed by atoms with Crippen molar-refractivity contribution in [1.82, 2.24) is 0 Å². The number of unbranched alkanes of at least 4 members (excludes halogenated alkanes) is 28. The van der Waals surface area contributed by atoms with Crippen LogP contribution in [0.25, 0.3) is 0 Å². The summed E-state index contributed by atoms with van der Waals surface area (Å²) >= 11 is 0. The van der Waals surface area contributed by atoms with Gasteiger partial charge in [-0.3, -0.25) is 0 Å². The maximum absolute atomic E-state index is 6.65. The Bertz CT molecular complexity index is 1290. The number of allylic oxidation sites excluding steroid dienone is 2. The van der Waals surface area contributed by atoms with Gasteiger partial charge in [-0.15, -0.1) is 0 Å². The van der Waals surface area contributed by atoms with Crippen LogP contribution in [0, 0.1) is 0 Å². The van der Waals surface area contributed by atoms with Crippen molar-refractivity contribution in [2.45, 2.75) is 297 Å². The maximum Gasteiger partial charge on any atom is 0.180 e. The van der Waals surface area contributed by atoms with Crippen molar-refractivity contribution in [3.63, 3.8) is 0 Å². The van der Waals surface area contributed by atoms with Gasteiger partial charge < -0.3 is 33.2 Å². The molecule has 0 heterocycles. The maximum atomic E-state index is 6.65. The topological polar surface area (TPSA) is 64.6 Å². The molecular formula is C66H114O7. The van der Waals surface area contributed by atoms with E-state index in [0.717, 1.165) is 115 Å². The van der Waals surface area contributed by atoms with E-state index in [1.807, 2.05) is 12.1 Å². The van der Waals surface area contributed by atoms with Crippen molar-refractivity contribution in [3.8, 4) is 0 Å². The predicted molar refractivity (Wildman–Crippen MR) is 310 cm³/mol. The van der Waals surface area contributed by atoms with Crippen LogP contribution in [0.5, 0.6) is 0 Å². The van der Waals surface area contributed by atoms with Gasteiger partial charge in [-0.25, -0.2) is 0 Å². The fourth-order valence-electron chi connectivity index (χ4n) is 9.00. The van der Waals surface area contributed by atoms with Crippen LogP contribution in [0.2, 0.25) is 0 Å². The summed E-state index contributed by atoms with van der Waals surface area (Å²) in [7, 11) is 0. The van der Waals surface area contributed by atoms with Crippen LogP contribution < -0.4 is 0 Å². The Balaban J connectivity index is 1.99. The van der Waals surface area contributed by atoms with E-state index in [1.165, 1.54) is 154 Å². The summed E-state index contributed by atoms with van der Waals surface area (Å²) in [5.41, 5.74) is 2.22. The summed E-state index contributed by atoms with van der Waals surface area (Å²) in [5.74, 6) is 0. The van der Waals surface area contributed by atoms with E-state index in [0.29, 0.717) is 13.2 Å². The van der Waals surface area contributed by atoms with E-state index in [2.05, 4.69) is 101 Å². The molecule has 420 valence electrons. The number of rotatable bonds is 56. The molecule has 0 saturated heterocycles. The van der Waals surface area contributed by atoms with Crippen LogP contribution >= 0.6 is 0 Å². The average molecular weight is 1020 g/mol. The van der Waals surface area contributed by atoms with Crippen LogP contribution in [0.1, 0.15) is 270 Å². The summed E-state index contributed by atoms with van der Waals surface area (Å²) in [4.78, 5) is 0. The van der Waals surface area contributed by atoms with E-state index in [9.17, 15) is 0 Å². The molecule has 0 saturated carbocycles. The predicted octanol–water partition coefficient (Wildman–Crippen LogP) is 20.0. The second-order valence-electron chi connectivity index (χ2n) is 20.7. The van der Waals surface area contributed by atoms with Crippen LogP contribution in [0.15, 0.2) is 85.0 Å². The molecule has 7 heteroatoms. The Morgan fingerprint density at radius 1 is 0.315 bits per heavy atom. The molecule has 0 N–H and O–H groups in total. The molecule has 2 rings (SSSR count). The summed E-state index contributed by atoms with van der Waals surface area (Å²) in [6, 6.07) is 20.7. The average Bonchev–Trinajstić information content (AvgIpc) is 3.41. The molecule has 0 bridgehead atoms. The first-order chi connectivity index (χ1) is 36.2. The fraction of sp³-hybridized carbons (Fsp3) is 0.758. The highest BCUT2D eigenvalue weighted by Crippen LogP contribution is 2.18. The number of hydrogen-bond acceptors (Lipinski definition) is 7. The smallest absolute Gasteiger partial charge is 0.180 e. The van der Waals surface area contributed by atoms with Crippen molar-refractivity contribution in [1.29, 1.82) is 0 Å². The van der Waals surface area contributed by atoms with E-state index >= 15 is 0 Å². The van der Waals surface area contributed by atoms with Crippen molar-refractivity contribution in [2.24, 2.45) is 0 Å². The lowest BCUT2D eigenvalue weighted by atomic mass is 10.1. The SMILES string of the molecule is CCCCCCCCCOC(CCCCC=CC(OCc1ccccc1)OC(C=CCCCCC(OCCCCCCCCC)OCCCCCCCCC)OCc1ccccc1)OCCCCCCCCC. The van der Waals surface area contributed by atoms with Gasteiger partial charge in [-0.2, -0.15) is 0 Å². The third kappa shape index (κ3) is 43.4. The molecule has 2 aromatic rings. The first-order valence-electron chi connectivity index (χ1n) is 30.9. The zero-order valence-corrected chi connectivity index (χ0v) is 47.9. The van der Waals surface area contributed by atoms with Gasteiger partial charge in [0, 0.05) is 26.4 Å². The van der Waals surface area contributed by atoms with Crippen LogP contribution in [-0.2, 0) is 46.4 Å². The fourth-order valence-corrected chi connectivity index (χ4v) is 9.00. The van der Waals surface area contributed by atoms with Gasteiger partial charge in [0.2, 0.25) is 0 Å². The Morgan fingerprint density at radius 3 is 0.904 bits per heavy atom. The molecule has 0 aromatic heterocycles. The molecule has 0 aliphatic rings. The highest BCUT2D eigenvalue weighted by Gasteiger charge is 2.16. The summed E-state index contributed by atoms with van der Waals surface area (Å²) < 4.78 is 45.0. The lowest BCUT2D eigenvalue weighted by Crippen LogP contribution is -2.24.